The van der Waals surface area contributed by atoms with Crippen molar-refractivity contribution in [2.24, 2.45) is 0 Å². The summed E-state index contributed by atoms with van der Waals surface area (Å²) in [5, 5.41) is 8.45. The average molecular weight is 206 g/mol. The Morgan fingerprint density at radius 3 is 2.31 bits per heavy atom. The lowest BCUT2D eigenvalue weighted by Gasteiger charge is -2.12. The van der Waals surface area contributed by atoms with Crippen LogP contribution >= 0.6 is 11.2 Å². The molecule has 0 saturated heterocycles. The molecule has 0 saturated carbocycles. The molecule has 1 aromatic carbocycles. The summed E-state index contributed by atoms with van der Waals surface area (Å²) < 4.78 is 36.9. The molecule has 1 rings (SSSR count). The van der Waals surface area contributed by atoms with E-state index in [0.717, 1.165) is 6.07 Å². The van der Waals surface area contributed by atoms with Crippen LogP contribution in [-0.2, 0) is 0 Å². The highest BCUT2D eigenvalue weighted by Crippen LogP contribution is 2.62. The van der Waals surface area contributed by atoms with Crippen LogP contribution in [0.4, 0.5) is 17.3 Å². The van der Waals surface area contributed by atoms with E-state index in [1.165, 1.54) is 18.2 Å². The molecule has 6 heteroatoms. The monoisotopic (exact) mass is 206 g/mol. The Hall–Kier alpha value is -1.35. The molecule has 0 amide bonds. The van der Waals surface area contributed by atoms with Gasteiger partial charge in [0.1, 0.15) is 6.07 Å². The van der Waals surface area contributed by atoms with E-state index in [2.05, 4.69) is 0 Å². The van der Waals surface area contributed by atoms with Gasteiger partial charge in [0.15, 0.2) is 0 Å². The third-order valence-electron chi connectivity index (χ3n) is 1.42. The number of anilines is 1. The molecule has 0 bridgehead atoms. The van der Waals surface area contributed by atoms with E-state index in [9.17, 15) is 11.7 Å². The Kier molecular flexibility index (Phi) is 2.38. The van der Waals surface area contributed by atoms with Gasteiger partial charge in [-0.05, 0) is 12.1 Å². The third kappa shape index (κ3) is 1.87. The second-order valence-corrected chi connectivity index (χ2v) is 3.49. The van der Waals surface area contributed by atoms with Gasteiger partial charge < -0.3 is 5.73 Å². The van der Waals surface area contributed by atoms with Gasteiger partial charge >= 0.3 is 0 Å². The molecule has 2 N–H and O–H groups in total. The van der Waals surface area contributed by atoms with Crippen molar-refractivity contribution in [1.82, 2.24) is 0 Å². The summed E-state index contributed by atoms with van der Waals surface area (Å²) in [5.74, 6) is 0. The summed E-state index contributed by atoms with van der Waals surface area (Å²) in [6.45, 7) is 0. The van der Waals surface area contributed by atoms with Gasteiger partial charge in [-0.2, -0.15) is 5.26 Å². The Morgan fingerprint density at radius 1 is 1.31 bits per heavy atom. The summed E-state index contributed by atoms with van der Waals surface area (Å²) in [5.41, 5.74) is 4.60. The lowest BCUT2D eigenvalue weighted by Crippen LogP contribution is -1.94. The zero-order valence-electron chi connectivity index (χ0n) is 6.30. The molecular weight excluding hydrogens is 201 g/mol. The molecule has 0 fully saturated rings. The van der Waals surface area contributed by atoms with E-state index in [0.29, 0.717) is 0 Å². The number of hydrogen-bond acceptors (Lipinski definition) is 2. The van der Waals surface area contributed by atoms with Gasteiger partial charge in [0, 0.05) is 0 Å². The predicted molar refractivity (Wildman–Crippen MR) is 44.8 cm³/mol. The van der Waals surface area contributed by atoms with Crippen molar-refractivity contribution in [2.45, 2.75) is 4.90 Å². The van der Waals surface area contributed by atoms with E-state index in [4.69, 9.17) is 11.0 Å². The highest BCUT2D eigenvalue weighted by molar-refractivity contribution is 8.21. The number of nitrogens with zero attached hydrogens (tertiary/aromatic N) is 1. The molecule has 0 heterocycles. The summed E-state index contributed by atoms with van der Waals surface area (Å²) in [6.07, 6.45) is 0. The van der Waals surface area contributed by atoms with Crippen molar-refractivity contribution in [3.8, 4) is 6.07 Å². The molecule has 0 aliphatic rings. The summed E-state index contributed by atoms with van der Waals surface area (Å²) >= 11 is -5.37. The van der Waals surface area contributed by atoms with Gasteiger partial charge in [0.25, 0.3) is 0 Å². The Bertz CT molecular complexity index is 367. The lowest BCUT2D eigenvalue weighted by atomic mass is 10.2. The van der Waals surface area contributed by atoms with Crippen LogP contribution in [0.25, 0.3) is 0 Å². The van der Waals surface area contributed by atoms with Crippen molar-refractivity contribution < 1.29 is 11.7 Å². The van der Waals surface area contributed by atoms with Gasteiger partial charge in [0.2, 0.25) is 11.2 Å². The maximum Gasteiger partial charge on any atom is 0.239 e. The third-order valence-corrected chi connectivity index (χ3v) is 2.26. The first-order chi connectivity index (χ1) is 5.96. The normalized spacial score (nSPS) is 12.2. The van der Waals surface area contributed by atoms with Crippen LogP contribution in [-0.4, -0.2) is 0 Å². The molecule has 0 spiro atoms. The Balaban J connectivity index is 3.40. The molecular formula is C7H5F3N2S. The van der Waals surface area contributed by atoms with Crippen LogP contribution in [0.5, 0.6) is 0 Å². The fourth-order valence-corrected chi connectivity index (χ4v) is 1.49. The van der Waals surface area contributed by atoms with E-state index in [1.807, 2.05) is 0 Å². The summed E-state index contributed by atoms with van der Waals surface area (Å²) in [4.78, 5) is -0.907. The maximum atomic E-state index is 12.3. The smallest absolute Gasteiger partial charge is 0.239 e. The largest absolute Gasteiger partial charge is 0.398 e. The number of rotatable bonds is 1. The minimum Gasteiger partial charge on any atom is -0.398 e. The number of nitriles is 1. The molecule has 0 atom stereocenters. The van der Waals surface area contributed by atoms with Gasteiger partial charge in [-0.1, -0.05) is 6.07 Å². The molecule has 70 valence electrons. The van der Waals surface area contributed by atoms with Crippen molar-refractivity contribution in [2.75, 3.05) is 5.73 Å². The quantitative estimate of drug-likeness (QED) is 0.718. The van der Waals surface area contributed by atoms with E-state index in [1.54, 1.807) is 0 Å². The molecule has 2 nitrogen and oxygen atoms in total. The van der Waals surface area contributed by atoms with Crippen LogP contribution in [0.2, 0.25) is 0 Å². The predicted octanol–water partition coefficient (Wildman–Crippen LogP) is 2.96. The van der Waals surface area contributed by atoms with Crippen LogP contribution in [0.3, 0.4) is 0 Å². The molecule has 13 heavy (non-hydrogen) atoms. The van der Waals surface area contributed by atoms with Crippen LogP contribution < -0.4 is 5.73 Å². The molecule has 0 unspecified atom stereocenters. The molecule has 0 aromatic heterocycles. The number of hydrogen-bond donors (Lipinski definition) is 1. The van der Waals surface area contributed by atoms with Crippen molar-refractivity contribution in [1.29, 1.82) is 5.26 Å². The minimum absolute atomic E-state index is 0.134. The van der Waals surface area contributed by atoms with Gasteiger partial charge in [-0.25, -0.2) is 0 Å². The molecule has 1 aromatic rings. The highest BCUT2D eigenvalue weighted by atomic mass is 32.3. The number of benzene rings is 1. The minimum atomic E-state index is -5.37. The zero-order chi connectivity index (χ0) is 10.1. The number of nitrogens with two attached hydrogens (primary N) is 1. The standard InChI is InChI=1S/C7H5F3N2S/c8-13(9,10)7-3-1-2-6(12)5(7)4-11/h1-3H,12H2. The first-order valence-corrected chi connectivity index (χ1v) is 4.51. The van der Waals surface area contributed by atoms with E-state index in [-0.39, 0.29) is 5.69 Å². The van der Waals surface area contributed by atoms with Gasteiger partial charge in [-0.15, -0.1) is 11.7 Å². The number of halogens is 3. The van der Waals surface area contributed by atoms with E-state index < -0.39 is 21.6 Å². The molecule has 0 aliphatic heterocycles. The Labute approximate surface area is 75.0 Å². The number of nitrogen functional groups attached to an aromatic ring is 1. The van der Waals surface area contributed by atoms with E-state index >= 15 is 0 Å². The fraction of sp³-hybridized carbons (Fsp3) is 0. The summed E-state index contributed by atoms with van der Waals surface area (Å²) in [6, 6.07) is 4.77. The van der Waals surface area contributed by atoms with Crippen molar-refractivity contribution in [3.05, 3.63) is 23.8 Å². The average Bonchev–Trinajstić information content (AvgIpc) is 2.02. The highest BCUT2D eigenvalue weighted by Gasteiger charge is 2.28. The van der Waals surface area contributed by atoms with Crippen LogP contribution in [0.15, 0.2) is 23.1 Å². The molecule has 0 aliphatic carbocycles. The zero-order valence-corrected chi connectivity index (χ0v) is 7.12. The lowest BCUT2D eigenvalue weighted by molar-refractivity contribution is 0.633. The summed E-state index contributed by atoms with van der Waals surface area (Å²) in [7, 11) is 0. The maximum absolute atomic E-state index is 12.3. The Morgan fingerprint density at radius 2 is 1.92 bits per heavy atom. The molecule has 0 radical (unpaired) electrons. The van der Waals surface area contributed by atoms with Gasteiger partial charge in [0.05, 0.1) is 16.1 Å². The second-order valence-electron chi connectivity index (χ2n) is 2.24. The van der Waals surface area contributed by atoms with Crippen molar-refractivity contribution in [3.63, 3.8) is 0 Å². The van der Waals surface area contributed by atoms with Crippen LogP contribution in [0, 0.1) is 11.3 Å². The van der Waals surface area contributed by atoms with Crippen LogP contribution in [0.1, 0.15) is 5.56 Å². The van der Waals surface area contributed by atoms with Gasteiger partial charge in [-0.3, -0.25) is 0 Å². The fourth-order valence-electron chi connectivity index (χ4n) is 0.861. The first kappa shape index (κ1) is 9.74. The van der Waals surface area contributed by atoms with Crippen molar-refractivity contribution >= 4 is 16.9 Å². The topological polar surface area (TPSA) is 49.8 Å². The second kappa shape index (κ2) is 3.18. The first-order valence-electron chi connectivity index (χ1n) is 3.17. The SMILES string of the molecule is N#Cc1c(N)cccc1S(F)(F)F.